The molecule has 2 aromatic heterocycles. The lowest BCUT2D eigenvalue weighted by Crippen LogP contribution is -2.42. The van der Waals surface area contributed by atoms with E-state index in [-0.39, 0.29) is 5.56 Å². The van der Waals surface area contributed by atoms with Gasteiger partial charge in [-0.1, -0.05) is 0 Å². The van der Waals surface area contributed by atoms with Gasteiger partial charge in [-0.25, -0.2) is 9.78 Å². The number of imidazole rings is 1. The molecule has 1 saturated heterocycles. The van der Waals surface area contributed by atoms with Crippen LogP contribution in [0.25, 0.3) is 5.65 Å². The maximum absolute atomic E-state index is 11.1. The van der Waals surface area contributed by atoms with Gasteiger partial charge in [-0.2, -0.15) is 0 Å². The molecule has 0 saturated carbocycles. The van der Waals surface area contributed by atoms with E-state index >= 15 is 0 Å². The van der Waals surface area contributed by atoms with Crippen molar-refractivity contribution in [3.05, 3.63) is 35.8 Å². The van der Waals surface area contributed by atoms with Crippen molar-refractivity contribution in [2.45, 2.75) is 6.54 Å². The van der Waals surface area contributed by atoms with Gasteiger partial charge in [0.2, 0.25) is 0 Å². The fourth-order valence-electron chi connectivity index (χ4n) is 2.41. The van der Waals surface area contributed by atoms with Crippen molar-refractivity contribution in [1.29, 1.82) is 0 Å². The summed E-state index contributed by atoms with van der Waals surface area (Å²) in [4.78, 5) is 17.9. The second-order valence-electron chi connectivity index (χ2n) is 4.72. The Kier molecular flexibility index (Phi) is 3.18. The molecule has 6 nitrogen and oxygen atoms in total. The van der Waals surface area contributed by atoms with Gasteiger partial charge in [0.25, 0.3) is 0 Å². The largest absolute Gasteiger partial charge is 0.478 e. The normalized spacial score (nSPS) is 16.8. The molecule has 1 aliphatic rings. The maximum atomic E-state index is 11.1. The van der Waals surface area contributed by atoms with E-state index in [0.717, 1.165) is 38.4 Å². The standard InChI is InChI=1S/C13H16N4O2/c18-13(19)11-2-1-5-17-9-10(15-12(11)17)8-16-6-3-14-4-7-16/h1-2,5,9,14H,3-4,6-8H2,(H,18,19). The first-order valence-electron chi connectivity index (χ1n) is 6.37. The first-order chi connectivity index (χ1) is 9.24. The van der Waals surface area contributed by atoms with E-state index in [1.54, 1.807) is 16.5 Å². The van der Waals surface area contributed by atoms with Gasteiger partial charge in [-0.3, -0.25) is 4.90 Å². The Hall–Kier alpha value is -1.92. The highest BCUT2D eigenvalue weighted by Crippen LogP contribution is 2.13. The van der Waals surface area contributed by atoms with Gasteiger partial charge in [0.05, 0.1) is 5.69 Å². The minimum Gasteiger partial charge on any atom is -0.478 e. The highest BCUT2D eigenvalue weighted by Gasteiger charge is 2.15. The number of carbonyl (C=O) groups is 1. The average Bonchev–Trinajstić information content (AvgIpc) is 2.81. The molecule has 0 bridgehead atoms. The molecule has 0 aromatic carbocycles. The number of hydrogen-bond donors (Lipinski definition) is 2. The van der Waals surface area contributed by atoms with Crippen molar-refractivity contribution >= 4 is 11.6 Å². The molecular formula is C13H16N4O2. The molecule has 3 heterocycles. The molecule has 1 fully saturated rings. The van der Waals surface area contributed by atoms with Crippen LogP contribution in [-0.2, 0) is 6.54 Å². The third kappa shape index (κ3) is 2.45. The number of fused-ring (bicyclic) bond motifs is 1. The zero-order valence-corrected chi connectivity index (χ0v) is 10.5. The van der Waals surface area contributed by atoms with Crippen molar-refractivity contribution in [1.82, 2.24) is 19.6 Å². The summed E-state index contributed by atoms with van der Waals surface area (Å²) in [6.45, 7) is 4.75. The van der Waals surface area contributed by atoms with E-state index in [1.807, 2.05) is 12.4 Å². The zero-order valence-electron chi connectivity index (χ0n) is 10.5. The predicted octanol–water partition coefficient (Wildman–Crippen LogP) is 0.438. The molecular weight excluding hydrogens is 244 g/mol. The van der Waals surface area contributed by atoms with Crippen LogP contribution in [0.4, 0.5) is 0 Å². The van der Waals surface area contributed by atoms with Crippen molar-refractivity contribution in [3.8, 4) is 0 Å². The second-order valence-corrected chi connectivity index (χ2v) is 4.72. The molecule has 0 unspecified atom stereocenters. The van der Waals surface area contributed by atoms with E-state index in [9.17, 15) is 4.79 Å². The van der Waals surface area contributed by atoms with Crippen LogP contribution in [0.5, 0.6) is 0 Å². The van der Waals surface area contributed by atoms with Crippen molar-refractivity contribution in [3.63, 3.8) is 0 Å². The number of rotatable bonds is 3. The number of nitrogens with zero attached hydrogens (tertiary/aromatic N) is 3. The SMILES string of the molecule is O=C(O)c1cccn2cc(CN3CCNCC3)nc12. The number of aromatic nitrogens is 2. The number of hydrogen-bond acceptors (Lipinski definition) is 4. The van der Waals surface area contributed by atoms with Crippen LogP contribution in [0.3, 0.4) is 0 Å². The Morgan fingerprint density at radius 1 is 1.42 bits per heavy atom. The van der Waals surface area contributed by atoms with Crippen LogP contribution in [-0.4, -0.2) is 51.5 Å². The average molecular weight is 260 g/mol. The van der Waals surface area contributed by atoms with Gasteiger partial charge in [0, 0.05) is 45.1 Å². The van der Waals surface area contributed by atoms with Crippen molar-refractivity contribution < 1.29 is 9.90 Å². The predicted molar refractivity (Wildman–Crippen MR) is 70.3 cm³/mol. The minimum atomic E-state index is -0.940. The Balaban J connectivity index is 1.88. The van der Waals surface area contributed by atoms with Gasteiger partial charge < -0.3 is 14.8 Å². The molecule has 19 heavy (non-hydrogen) atoms. The molecule has 0 amide bonds. The highest BCUT2D eigenvalue weighted by molar-refractivity contribution is 5.94. The van der Waals surface area contributed by atoms with E-state index in [4.69, 9.17) is 5.11 Å². The Bertz CT molecular complexity index is 602. The molecule has 3 rings (SSSR count). The fourth-order valence-corrected chi connectivity index (χ4v) is 2.41. The van der Waals surface area contributed by atoms with Crippen molar-refractivity contribution in [2.24, 2.45) is 0 Å². The first kappa shape index (κ1) is 12.1. The number of pyridine rings is 1. The van der Waals surface area contributed by atoms with Gasteiger partial charge in [-0.15, -0.1) is 0 Å². The third-order valence-corrected chi connectivity index (χ3v) is 3.36. The van der Waals surface area contributed by atoms with Crippen molar-refractivity contribution in [2.75, 3.05) is 26.2 Å². The lowest BCUT2D eigenvalue weighted by Gasteiger charge is -2.26. The summed E-state index contributed by atoms with van der Waals surface area (Å²) < 4.78 is 1.78. The van der Waals surface area contributed by atoms with E-state index in [1.165, 1.54) is 0 Å². The summed E-state index contributed by atoms with van der Waals surface area (Å²) in [6, 6.07) is 3.31. The highest BCUT2D eigenvalue weighted by atomic mass is 16.4. The second kappa shape index (κ2) is 4.99. The van der Waals surface area contributed by atoms with Crippen LogP contribution in [0.1, 0.15) is 16.1 Å². The summed E-state index contributed by atoms with van der Waals surface area (Å²) in [5, 5.41) is 12.4. The molecule has 2 aromatic rings. The topological polar surface area (TPSA) is 69.9 Å². The smallest absolute Gasteiger partial charge is 0.339 e. The Morgan fingerprint density at radius 2 is 2.21 bits per heavy atom. The van der Waals surface area contributed by atoms with Crippen LogP contribution in [0.2, 0.25) is 0 Å². The maximum Gasteiger partial charge on any atom is 0.339 e. The summed E-state index contributed by atoms with van der Waals surface area (Å²) in [6.07, 6.45) is 3.74. The van der Waals surface area contributed by atoms with Crippen LogP contribution in [0, 0.1) is 0 Å². The number of piperazine rings is 1. The molecule has 0 radical (unpaired) electrons. The summed E-state index contributed by atoms with van der Waals surface area (Å²) in [5.41, 5.74) is 1.67. The monoisotopic (exact) mass is 260 g/mol. The Morgan fingerprint density at radius 3 is 2.95 bits per heavy atom. The molecule has 2 N–H and O–H groups in total. The van der Waals surface area contributed by atoms with Gasteiger partial charge >= 0.3 is 5.97 Å². The van der Waals surface area contributed by atoms with Crippen LogP contribution < -0.4 is 5.32 Å². The number of aromatic carboxylic acids is 1. The number of carboxylic acid groups (broad SMARTS) is 1. The Labute approximate surface area is 110 Å². The fraction of sp³-hybridized carbons (Fsp3) is 0.385. The van der Waals surface area contributed by atoms with E-state index in [2.05, 4.69) is 15.2 Å². The minimum absolute atomic E-state index is 0.245. The summed E-state index contributed by atoms with van der Waals surface area (Å²) in [5.74, 6) is -0.940. The molecule has 100 valence electrons. The molecule has 0 aliphatic carbocycles. The lowest BCUT2D eigenvalue weighted by molar-refractivity contribution is 0.0698. The molecule has 0 atom stereocenters. The first-order valence-corrected chi connectivity index (χ1v) is 6.37. The van der Waals surface area contributed by atoms with Gasteiger partial charge in [0.1, 0.15) is 5.56 Å². The molecule has 0 spiro atoms. The summed E-state index contributed by atoms with van der Waals surface area (Å²) >= 11 is 0. The van der Waals surface area contributed by atoms with Crippen LogP contribution in [0.15, 0.2) is 24.5 Å². The zero-order chi connectivity index (χ0) is 13.2. The van der Waals surface area contributed by atoms with Crippen LogP contribution >= 0.6 is 0 Å². The molecule has 1 aliphatic heterocycles. The third-order valence-electron chi connectivity index (χ3n) is 3.36. The van der Waals surface area contributed by atoms with E-state index in [0.29, 0.717) is 5.65 Å². The van der Waals surface area contributed by atoms with Gasteiger partial charge in [0.15, 0.2) is 5.65 Å². The van der Waals surface area contributed by atoms with Gasteiger partial charge in [-0.05, 0) is 12.1 Å². The quantitative estimate of drug-likeness (QED) is 0.838. The lowest BCUT2D eigenvalue weighted by atomic mass is 10.3. The summed E-state index contributed by atoms with van der Waals surface area (Å²) in [7, 11) is 0. The van der Waals surface area contributed by atoms with E-state index < -0.39 is 5.97 Å². The molecule has 6 heteroatoms. The number of carboxylic acids is 1. The number of nitrogens with one attached hydrogen (secondary N) is 1.